The molecule has 0 fully saturated rings. The lowest BCUT2D eigenvalue weighted by atomic mass is 10.0. The second-order valence-electron chi connectivity index (χ2n) is 6.53. The van der Waals surface area contributed by atoms with Gasteiger partial charge >= 0.3 is 18.0 Å². The van der Waals surface area contributed by atoms with E-state index in [0.29, 0.717) is 0 Å². The molecule has 1 amide bonds. The van der Waals surface area contributed by atoms with Gasteiger partial charge in [0.15, 0.2) is 0 Å². The van der Waals surface area contributed by atoms with Gasteiger partial charge in [-0.3, -0.25) is 4.79 Å². The van der Waals surface area contributed by atoms with Crippen LogP contribution in [-0.4, -0.2) is 36.8 Å². The highest BCUT2D eigenvalue weighted by molar-refractivity contribution is 5.87. The first-order valence-electron chi connectivity index (χ1n) is 7.92. The number of ether oxygens (including phenoxy) is 3. The second-order valence-corrected chi connectivity index (χ2v) is 6.53. The Morgan fingerprint density at radius 2 is 1.68 bits per heavy atom. The number of alkyl carbamates (subject to hydrolysis) is 1. The molecule has 0 aliphatic carbocycles. The largest absolute Gasteiger partial charge is 0.469 e. The normalized spacial score (nSPS) is 13.3. The standard InChI is InChI=1S/C18H25NO6/c1-12(15(20)23-5)14(16(21)25-18(2,3)4)19-17(22)24-11-13-9-7-6-8-10-13/h6-10,12,14H,11H2,1-5H3,(H,19,22)/t12-,14+/m1/s1. The zero-order chi connectivity index (χ0) is 19.0. The molecule has 2 atom stereocenters. The fraction of sp³-hybridized carbons (Fsp3) is 0.500. The smallest absolute Gasteiger partial charge is 0.408 e. The van der Waals surface area contributed by atoms with E-state index in [1.165, 1.54) is 14.0 Å². The maximum absolute atomic E-state index is 12.3. The number of carbonyl (C=O) groups excluding carboxylic acids is 3. The topological polar surface area (TPSA) is 90.9 Å². The average Bonchev–Trinajstić information content (AvgIpc) is 2.55. The number of rotatable bonds is 6. The van der Waals surface area contributed by atoms with Gasteiger partial charge in [-0.25, -0.2) is 9.59 Å². The van der Waals surface area contributed by atoms with Crippen LogP contribution in [0.4, 0.5) is 4.79 Å². The van der Waals surface area contributed by atoms with Crippen molar-refractivity contribution in [1.82, 2.24) is 5.32 Å². The van der Waals surface area contributed by atoms with E-state index in [1.54, 1.807) is 32.9 Å². The van der Waals surface area contributed by atoms with E-state index in [4.69, 9.17) is 9.47 Å². The van der Waals surface area contributed by atoms with Crippen LogP contribution in [0.15, 0.2) is 30.3 Å². The molecule has 25 heavy (non-hydrogen) atoms. The van der Waals surface area contributed by atoms with E-state index < -0.39 is 35.6 Å². The first-order valence-corrected chi connectivity index (χ1v) is 7.92. The Bertz CT molecular complexity index is 593. The van der Waals surface area contributed by atoms with Gasteiger partial charge in [-0.15, -0.1) is 0 Å². The zero-order valence-electron chi connectivity index (χ0n) is 15.2. The summed E-state index contributed by atoms with van der Waals surface area (Å²) in [6.45, 7) is 6.59. The Labute approximate surface area is 147 Å². The molecule has 1 aromatic rings. The lowest BCUT2D eigenvalue weighted by Crippen LogP contribution is -2.50. The minimum Gasteiger partial charge on any atom is -0.469 e. The van der Waals surface area contributed by atoms with Crippen molar-refractivity contribution in [3.8, 4) is 0 Å². The molecule has 0 aliphatic rings. The number of benzene rings is 1. The summed E-state index contributed by atoms with van der Waals surface area (Å²) in [6.07, 6.45) is -0.824. The summed E-state index contributed by atoms with van der Waals surface area (Å²) in [4.78, 5) is 36.1. The molecule has 0 spiro atoms. The van der Waals surface area contributed by atoms with Crippen molar-refractivity contribution in [2.75, 3.05) is 7.11 Å². The summed E-state index contributed by atoms with van der Waals surface area (Å²) in [5, 5.41) is 2.39. The number of esters is 2. The van der Waals surface area contributed by atoms with Crippen LogP contribution in [0.3, 0.4) is 0 Å². The van der Waals surface area contributed by atoms with Crippen molar-refractivity contribution in [3.63, 3.8) is 0 Å². The SMILES string of the molecule is COC(=O)[C@H](C)[C@H](NC(=O)OCc1ccccc1)C(=O)OC(C)(C)C. The molecule has 0 heterocycles. The minimum atomic E-state index is -1.21. The lowest BCUT2D eigenvalue weighted by molar-refractivity contribution is -0.163. The number of amides is 1. The van der Waals surface area contributed by atoms with Crippen LogP contribution in [0.5, 0.6) is 0 Å². The summed E-state index contributed by atoms with van der Waals surface area (Å²) >= 11 is 0. The van der Waals surface area contributed by atoms with Crippen LogP contribution in [0, 0.1) is 5.92 Å². The summed E-state index contributed by atoms with van der Waals surface area (Å²) in [5.41, 5.74) is 0.0355. The van der Waals surface area contributed by atoms with Crippen molar-refractivity contribution in [3.05, 3.63) is 35.9 Å². The molecule has 0 aromatic heterocycles. The summed E-state index contributed by atoms with van der Waals surface area (Å²) in [5.74, 6) is -2.30. The molecule has 0 bridgehead atoms. The Balaban J connectivity index is 2.76. The molecule has 7 nitrogen and oxygen atoms in total. The first-order chi connectivity index (χ1) is 11.6. The number of nitrogens with one attached hydrogen (secondary N) is 1. The molecular formula is C18H25NO6. The highest BCUT2D eigenvalue weighted by Crippen LogP contribution is 2.14. The quantitative estimate of drug-likeness (QED) is 0.625. The van der Waals surface area contributed by atoms with Gasteiger partial charge in [0.1, 0.15) is 18.2 Å². The molecule has 1 rings (SSSR count). The van der Waals surface area contributed by atoms with Crippen molar-refractivity contribution in [1.29, 1.82) is 0 Å². The van der Waals surface area contributed by atoms with E-state index in [2.05, 4.69) is 10.1 Å². The lowest BCUT2D eigenvalue weighted by Gasteiger charge is -2.26. The fourth-order valence-electron chi connectivity index (χ4n) is 1.97. The van der Waals surface area contributed by atoms with Crippen molar-refractivity contribution in [2.24, 2.45) is 5.92 Å². The van der Waals surface area contributed by atoms with Gasteiger partial charge in [0.05, 0.1) is 13.0 Å². The molecular weight excluding hydrogens is 326 g/mol. The van der Waals surface area contributed by atoms with Crippen molar-refractivity contribution >= 4 is 18.0 Å². The third kappa shape index (κ3) is 7.24. The van der Waals surface area contributed by atoms with Gasteiger partial charge < -0.3 is 19.5 Å². The highest BCUT2D eigenvalue weighted by atomic mass is 16.6. The maximum Gasteiger partial charge on any atom is 0.408 e. The van der Waals surface area contributed by atoms with E-state index in [1.807, 2.05) is 18.2 Å². The summed E-state index contributed by atoms with van der Waals surface area (Å²) in [7, 11) is 1.21. The van der Waals surface area contributed by atoms with Gasteiger partial charge in [0, 0.05) is 0 Å². The third-order valence-corrected chi connectivity index (χ3v) is 3.22. The monoisotopic (exact) mass is 351 g/mol. The Morgan fingerprint density at radius 1 is 1.08 bits per heavy atom. The summed E-state index contributed by atoms with van der Waals surface area (Å²) in [6, 6.07) is 7.87. The van der Waals surface area contributed by atoms with E-state index in [-0.39, 0.29) is 6.61 Å². The molecule has 0 saturated carbocycles. The van der Waals surface area contributed by atoms with Crippen molar-refractivity contribution in [2.45, 2.75) is 45.9 Å². The predicted octanol–water partition coefficient (Wildman–Crippen LogP) is 2.43. The van der Waals surface area contributed by atoms with Gasteiger partial charge in [-0.05, 0) is 33.3 Å². The molecule has 0 aliphatic heterocycles. The van der Waals surface area contributed by atoms with Gasteiger partial charge in [0.25, 0.3) is 0 Å². The van der Waals surface area contributed by atoms with Gasteiger partial charge in [-0.2, -0.15) is 0 Å². The van der Waals surface area contributed by atoms with Crippen LogP contribution in [0.25, 0.3) is 0 Å². The Hall–Kier alpha value is -2.57. The first kappa shape index (κ1) is 20.5. The van der Waals surface area contributed by atoms with E-state index >= 15 is 0 Å². The number of carbonyl (C=O) groups is 3. The van der Waals surface area contributed by atoms with E-state index in [0.717, 1.165) is 5.56 Å². The number of methoxy groups -OCH3 is 1. The summed E-state index contributed by atoms with van der Waals surface area (Å²) < 4.78 is 15.0. The molecule has 0 radical (unpaired) electrons. The number of hydrogen-bond acceptors (Lipinski definition) is 6. The molecule has 7 heteroatoms. The Morgan fingerprint density at radius 3 is 2.20 bits per heavy atom. The molecule has 1 N–H and O–H groups in total. The molecule has 138 valence electrons. The number of hydrogen-bond donors (Lipinski definition) is 1. The minimum absolute atomic E-state index is 0.0420. The average molecular weight is 351 g/mol. The third-order valence-electron chi connectivity index (χ3n) is 3.22. The molecule has 0 saturated heterocycles. The predicted molar refractivity (Wildman–Crippen MR) is 90.6 cm³/mol. The Kier molecular flexibility index (Phi) is 7.42. The van der Waals surface area contributed by atoms with Crippen LogP contribution in [0.1, 0.15) is 33.3 Å². The van der Waals surface area contributed by atoms with Crippen molar-refractivity contribution < 1.29 is 28.6 Å². The second kappa shape index (κ2) is 9.05. The van der Waals surface area contributed by atoms with Crippen LogP contribution >= 0.6 is 0 Å². The van der Waals surface area contributed by atoms with Crippen LogP contribution < -0.4 is 5.32 Å². The maximum atomic E-state index is 12.3. The van der Waals surface area contributed by atoms with E-state index in [9.17, 15) is 14.4 Å². The van der Waals surface area contributed by atoms with Gasteiger partial charge in [-0.1, -0.05) is 30.3 Å². The molecule has 0 unspecified atom stereocenters. The van der Waals surface area contributed by atoms with Crippen LogP contribution in [0.2, 0.25) is 0 Å². The van der Waals surface area contributed by atoms with Gasteiger partial charge in [0.2, 0.25) is 0 Å². The zero-order valence-corrected chi connectivity index (χ0v) is 15.2. The highest BCUT2D eigenvalue weighted by Gasteiger charge is 2.36. The fourth-order valence-corrected chi connectivity index (χ4v) is 1.97. The molecule has 1 aromatic carbocycles. The van der Waals surface area contributed by atoms with Crippen LogP contribution in [-0.2, 0) is 30.4 Å².